The summed E-state index contributed by atoms with van der Waals surface area (Å²) in [7, 11) is -3.68. The van der Waals surface area contributed by atoms with Crippen molar-refractivity contribution >= 4 is 38.3 Å². The lowest BCUT2D eigenvalue weighted by Crippen LogP contribution is -2.50. The van der Waals surface area contributed by atoms with E-state index in [1.807, 2.05) is 44.2 Å². The largest absolute Gasteiger partial charge is 0.336 e. The Morgan fingerprint density at radius 3 is 2.21 bits per heavy atom. The molecule has 0 aliphatic carbocycles. The van der Waals surface area contributed by atoms with Crippen LogP contribution >= 0.6 is 11.6 Å². The maximum Gasteiger partial charge on any atom is 0.253 e. The minimum absolute atomic E-state index is 0.116. The number of pyridine rings is 1. The zero-order valence-electron chi connectivity index (χ0n) is 21.3. The van der Waals surface area contributed by atoms with Gasteiger partial charge in [0.2, 0.25) is 10.0 Å². The molecule has 9 heteroatoms. The molecule has 0 spiro atoms. The predicted octanol–water partition coefficient (Wildman–Crippen LogP) is 4.90. The van der Waals surface area contributed by atoms with Crippen LogP contribution in [0.5, 0.6) is 0 Å². The lowest BCUT2D eigenvalue weighted by atomic mass is 9.97. The third-order valence-electron chi connectivity index (χ3n) is 6.82. The summed E-state index contributed by atoms with van der Waals surface area (Å²) in [6.07, 6.45) is 1.74. The summed E-state index contributed by atoms with van der Waals surface area (Å²) in [4.78, 5) is 19.5. The zero-order chi connectivity index (χ0) is 27.1. The van der Waals surface area contributed by atoms with E-state index >= 15 is 0 Å². The highest BCUT2D eigenvalue weighted by Gasteiger charge is 2.30. The normalized spacial score (nSPS) is 15.1. The van der Waals surface area contributed by atoms with Crippen molar-refractivity contribution in [2.45, 2.75) is 24.3 Å². The summed E-state index contributed by atoms with van der Waals surface area (Å²) in [6.45, 7) is 4.93. The fourth-order valence-electron chi connectivity index (χ4n) is 4.59. The van der Waals surface area contributed by atoms with Crippen molar-refractivity contribution in [3.05, 3.63) is 95.3 Å². The summed E-state index contributed by atoms with van der Waals surface area (Å²) >= 11 is 6.04. The smallest absolute Gasteiger partial charge is 0.253 e. The Kier molecular flexibility index (Phi) is 7.00. The number of aromatic nitrogens is 1. The highest BCUT2D eigenvalue weighted by Crippen LogP contribution is 2.26. The molecule has 0 unspecified atom stereocenters. The third-order valence-corrected chi connectivity index (χ3v) is 8.95. The van der Waals surface area contributed by atoms with Gasteiger partial charge in [0.25, 0.3) is 5.91 Å². The molecule has 196 valence electrons. The monoisotopic (exact) mass is 548 g/mol. The molecule has 1 aliphatic rings. The Balaban J connectivity index is 1.26. The number of hydrogen-bond donors (Lipinski definition) is 1. The van der Waals surface area contributed by atoms with Gasteiger partial charge in [0.05, 0.1) is 16.1 Å². The number of piperazine rings is 1. The molecule has 7 nitrogen and oxygen atoms in total. The van der Waals surface area contributed by atoms with E-state index in [9.17, 15) is 13.2 Å². The van der Waals surface area contributed by atoms with Crippen LogP contribution < -0.4 is 5.73 Å². The number of benzene rings is 3. The van der Waals surface area contributed by atoms with E-state index in [0.29, 0.717) is 23.7 Å². The maximum absolute atomic E-state index is 13.3. The number of rotatable bonds is 5. The van der Waals surface area contributed by atoms with Gasteiger partial charge in [-0.1, -0.05) is 35.9 Å². The number of halogens is 1. The molecule has 1 saturated heterocycles. The van der Waals surface area contributed by atoms with Crippen LogP contribution in [0.4, 0.5) is 0 Å². The van der Waals surface area contributed by atoms with Crippen LogP contribution in [0.25, 0.3) is 21.9 Å². The van der Waals surface area contributed by atoms with Gasteiger partial charge in [-0.25, -0.2) is 8.42 Å². The molecular formula is C29H29ClN4O3S. The summed E-state index contributed by atoms with van der Waals surface area (Å²) in [5.41, 5.74) is 8.92. The SMILES string of the molecule is CC(C)(N)c1cc(-c2ccc(C(=O)N3CCN(S(=O)(=O)c4ccc5cc(Cl)ccc5c4)CC3)cc2)ccn1. The Bertz CT molecular complexity index is 1610. The molecule has 1 aliphatic heterocycles. The van der Waals surface area contributed by atoms with Gasteiger partial charge in [0.1, 0.15) is 0 Å². The first kappa shape index (κ1) is 26.3. The van der Waals surface area contributed by atoms with E-state index < -0.39 is 15.6 Å². The highest BCUT2D eigenvalue weighted by molar-refractivity contribution is 7.89. The maximum atomic E-state index is 13.3. The molecule has 1 aromatic heterocycles. The van der Waals surface area contributed by atoms with E-state index in [1.54, 1.807) is 53.6 Å². The summed E-state index contributed by atoms with van der Waals surface area (Å²) in [5, 5.41) is 2.29. The lowest BCUT2D eigenvalue weighted by Gasteiger charge is -2.34. The molecule has 3 aromatic carbocycles. The average Bonchev–Trinajstić information content (AvgIpc) is 2.92. The number of nitrogens with zero attached hydrogens (tertiary/aromatic N) is 3. The first-order valence-corrected chi connectivity index (χ1v) is 14.2. The topological polar surface area (TPSA) is 96.6 Å². The minimum atomic E-state index is -3.68. The van der Waals surface area contributed by atoms with Gasteiger partial charge < -0.3 is 10.6 Å². The van der Waals surface area contributed by atoms with Crippen LogP contribution in [-0.2, 0) is 15.6 Å². The van der Waals surface area contributed by atoms with Crippen LogP contribution in [0.1, 0.15) is 29.9 Å². The molecule has 0 atom stereocenters. The van der Waals surface area contributed by atoms with E-state index in [-0.39, 0.29) is 23.9 Å². The molecule has 2 heterocycles. The van der Waals surface area contributed by atoms with Gasteiger partial charge >= 0.3 is 0 Å². The first-order chi connectivity index (χ1) is 18.0. The fourth-order valence-corrected chi connectivity index (χ4v) is 6.22. The van der Waals surface area contributed by atoms with Crippen molar-refractivity contribution in [3.63, 3.8) is 0 Å². The first-order valence-electron chi connectivity index (χ1n) is 12.4. The van der Waals surface area contributed by atoms with Gasteiger partial charge in [-0.3, -0.25) is 9.78 Å². The van der Waals surface area contributed by atoms with Gasteiger partial charge in [0.15, 0.2) is 0 Å². The Morgan fingerprint density at radius 2 is 1.53 bits per heavy atom. The summed E-state index contributed by atoms with van der Waals surface area (Å²) in [6, 6.07) is 21.7. The van der Waals surface area contributed by atoms with Gasteiger partial charge in [-0.2, -0.15) is 4.31 Å². The molecule has 4 aromatic rings. The van der Waals surface area contributed by atoms with Crippen molar-refractivity contribution in [1.29, 1.82) is 0 Å². The highest BCUT2D eigenvalue weighted by atomic mass is 35.5. The fraction of sp³-hybridized carbons (Fsp3) is 0.241. The molecule has 38 heavy (non-hydrogen) atoms. The number of nitrogens with two attached hydrogens (primary N) is 1. The number of sulfonamides is 1. The Morgan fingerprint density at radius 1 is 0.868 bits per heavy atom. The molecule has 0 bridgehead atoms. The molecule has 1 fully saturated rings. The number of carbonyl (C=O) groups excluding carboxylic acids is 1. The van der Waals surface area contributed by atoms with Crippen LogP contribution in [0.2, 0.25) is 5.02 Å². The molecule has 0 saturated carbocycles. The van der Waals surface area contributed by atoms with E-state index in [0.717, 1.165) is 27.6 Å². The molecule has 5 rings (SSSR count). The standard InChI is InChI=1S/C29H29ClN4O3S/c1-29(2,31)27-19-24(11-12-32-27)20-3-5-21(6-4-20)28(35)33-13-15-34(16-14-33)38(36,37)26-10-8-22-17-25(30)9-7-23(22)18-26/h3-12,17-19H,13-16,31H2,1-2H3. The third kappa shape index (κ3) is 5.31. The second-order valence-corrected chi connectivity index (χ2v) is 12.5. The van der Waals surface area contributed by atoms with E-state index in [2.05, 4.69) is 4.98 Å². The zero-order valence-corrected chi connectivity index (χ0v) is 22.8. The van der Waals surface area contributed by atoms with Crippen LogP contribution in [0.15, 0.2) is 83.9 Å². The second kappa shape index (κ2) is 10.1. The predicted molar refractivity (Wildman–Crippen MR) is 151 cm³/mol. The minimum Gasteiger partial charge on any atom is -0.336 e. The number of fused-ring (bicyclic) bond motifs is 1. The van der Waals surface area contributed by atoms with Gasteiger partial charge in [-0.05, 0) is 84.3 Å². The Labute approximate surface area is 227 Å². The number of amides is 1. The average molecular weight is 549 g/mol. The molecule has 1 amide bonds. The van der Waals surface area contributed by atoms with Gasteiger partial charge in [0, 0.05) is 43.0 Å². The molecule has 2 N–H and O–H groups in total. The summed E-state index contributed by atoms with van der Waals surface area (Å²) in [5.74, 6) is -0.116. The Hall–Kier alpha value is -3.30. The van der Waals surface area contributed by atoms with E-state index in [1.165, 1.54) is 4.31 Å². The molecular weight excluding hydrogens is 520 g/mol. The number of hydrogen-bond acceptors (Lipinski definition) is 5. The van der Waals surface area contributed by atoms with Crippen molar-refractivity contribution < 1.29 is 13.2 Å². The van der Waals surface area contributed by atoms with E-state index in [4.69, 9.17) is 17.3 Å². The lowest BCUT2D eigenvalue weighted by molar-refractivity contribution is 0.0698. The number of carbonyl (C=O) groups is 1. The second-order valence-electron chi connectivity index (χ2n) is 10.1. The van der Waals surface area contributed by atoms with Crippen molar-refractivity contribution in [2.75, 3.05) is 26.2 Å². The quantitative estimate of drug-likeness (QED) is 0.383. The van der Waals surface area contributed by atoms with Gasteiger partial charge in [-0.15, -0.1) is 0 Å². The van der Waals surface area contributed by atoms with Crippen molar-refractivity contribution in [3.8, 4) is 11.1 Å². The van der Waals surface area contributed by atoms with Crippen LogP contribution in [-0.4, -0.2) is 54.7 Å². The summed E-state index contributed by atoms with van der Waals surface area (Å²) < 4.78 is 28.0. The van der Waals surface area contributed by atoms with Crippen LogP contribution in [0.3, 0.4) is 0 Å². The van der Waals surface area contributed by atoms with Crippen LogP contribution in [0, 0.1) is 0 Å². The molecule has 0 radical (unpaired) electrons. The van der Waals surface area contributed by atoms with Crippen molar-refractivity contribution in [2.24, 2.45) is 5.73 Å². The van der Waals surface area contributed by atoms with Crippen molar-refractivity contribution in [1.82, 2.24) is 14.2 Å².